The highest BCUT2D eigenvalue weighted by molar-refractivity contribution is 6.03. The number of nitrogens with one attached hydrogen (secondary N) is 1. The van der Waals surface area contributed by atoms with Crippen LogP contribution in [0.3, 0.4) is 0 Å². The lowest BCUT2D eigenvalue weighted by Gasteiger charge is -2.23. The molecule has 1 aromatic heterocycles. The van der Waals surface area contributed by atoms with Gasteiger partial charge in [0, 0.05) is 11.7 Å². The molecule has 7 heteroatoms. The van der Waals surface area contributed by atoms with E-state index in [1.165, 1.54) is 17.7 Å². The number of fused-ring (bicyclic) bond motifs is 1. The van der Waals surface area contributed by atoms with Crippen LogP contribution in [0.5, 0.6) is 0 Å². The third-order valence-corrected chi connectivity index (χ3v) is 4.54. The Morgan fingerprint density at radius 1 is 1.04 bits per heavy atom. The fraction of sp³-hybridized carbons (Fsp3) is 0.150. The average molecular weight is 366 g/mol. The Kier molecular flexibility index (Phi) is 4.27. The van der Waals surface area contributed by atoms with Crippen LogP contribution >= 0.6 is 0 Å². The van der Waals surface area contributed by atoms with E-state index in [-0.39, 0.29) is 11.7 Å². The molecule has 0 saturated carbocycles. The topological polar surface area (TPSA) is 58.1 Å². The van der Waals surface area contributed by atoms with E-state index in [4.69, 9.17) is 0 Å². The third-order valence-electron chi connectivity index (χ3n) is 4.54. The molecule has 5 nitrogen and oxygen atoms in total. The van der Waals surface area contributed by atoms with Crippen LogP contribution in [0.4, 0.5) is 26.0 Å². The number of hydrogen-bond acceptors (Lipinski definition) is 4. The van der Waals surface area contributed by atoms with Crippen molar-refractivity contribution in [1.29, 1.82) is 0 Å². The number of carbonyl (C=O) groups excluding carboxylic acids is 1. The van der Waals surface area contributed by atoms with E-state index >= 15 is 0 Å². The fourth-order valence-corrected chi connectivity index (χ4v) is 3.28. The quantitative estimate of drug-likeness (QED) is 0.759. The van der Waals surface area contributed by atoms with Gasteiger partial charge in [-0.1, -0.05) is 24.3 Å². The standard InChI is InChI=1S/C20H16F2N4O/c1-12-11-13-5-2-3-8-17(13)26(12)18-10-9-16(24-25-18)20(27)23-19-14(21)6-4-7-15(19)22/h2-10,12H,11H2,1H3,(H,23,27). The highest BCUT2D eigenvalue weighted by Gasteiger charge is 2.28. The summed E-state index contributed by atoms with van der Waals surface area (Å²) in [5.41, 5.74) is 1.76. The average Bonchev–Trinajstić information content (AvgIpc) is 3.00. The molecule has 136 valence electrons. The maximum absolute atomic E-state index is 13.7. The zero-order valence-corrected chi connectivity index (χ0v) is 14.5. The largest absolute Gasteiger partial charge is 0.321 e. The van der Waals surface area contributed by atoms with Gasteiger partial charge < -0.3 is 10.2 Å². The van der Waals surface area contributed by atoms with E-state index in [9.17, 15) is 13.6 Å². The lowest BCUT2D eigenvalue weighted by Crippen LogP contribution is -2.25. The molecule has 0 saturated heterocycles. The van der Waals surface area contributed by atoms with Gasteiger partial charge in [-0.15, -0.1) is 10.2 Å². The molecule has 0 radical (unpaired) electrons. The Morgan fingerprint density at radius 3 is 2.48 bits per heavy atom. The number of anilines is 3. The molecule has 0 bridgehead atoms. The van der Waals surface area contributed by atoms with Crippen LogP contribution in [0.1, 0.15) is 23.0 Å². The fourth-order valence-electron chi connectivity index (χ4n) is 3.28. The Balaban J connectivity index is 1.57. The van der Waals surface area contributed by atoms with Gasteiger partial charge in [0.2, 0.25) is 0 Å². The summed E-state index contributed by atoms with van der Waals surface area (Å²) in [6, 6.07) is 14.8. The minimum Gasteiger partial charge on any atom is -0.321 e. The van der Waals surface area contributed by atoms with Gasteiger partial charge in [-0.05, 0) is 49.2 Å². The molecule has 3 aromatic rings. The molecule has 2 aromatic carbocycles. The Morgan fingerprint density at radius 2 is 1.78 bits per heavy atom. The summed E-state index contributed by atoms with van der Waals surface area (Å²) in [7, 11) is 0. The van der Waals surface area contributed by atoms with Crippen LogP contribution in [0.15, 0.2) is 54.6 Å². The molecule has 1 atom stereocenters. The normalized spacial score (nSPS) is 15.5. The van der Waals surface area contributed by atoms with Gasteiger partial charge in [0.05, 0.1) is 0 Å². The van der Waals surface area contributed by atoms with Crippen molar-refractivity contribution in [3.8, 4) is 0 Å². The van der Waals surface area contributed by atoms with Crippen LogP contribution < -0.4 is 10.2 Å². The first-order valence-corrected chi connectivity index (χ1v) is 8.51. The van der Waals surface area contributed by atoms with Crippen LogP contribution in [0, 0.1) is 11.6 Å². The van der Waals surface area contributed by atoms with E-state index in [2.05, 4.69) is 33.4 Å². The Bertz CT molecular complexity index is 987. The first-order chi connectivity index (χ1) is 13.0. The maximum atomic E-state index is 13.7. The molecule has 0 fully saturated rings. The lowest BCUT2D eigenvalue weighted by atomic mass is 10.1. The highest BCUT2D eigenvalue weighted by Crippen LogP contribution is 2.36. The molecular formula is C20H16F2N4O. The third kappa shape index (κ3) is 3.12. The van der Waals surface area contributed by atoms with Crippen LogP contribution in [0.2, 0.25) is 0 Å². The minimum atomic E-state index is -0.851. The monoisotopic (exact) mass is 366 g/mol. The van der Waals surface area contributed by atoms with E-state index in [1.807, 2.05) is 18.2 Å². The van der Waals surface area contributed by atoms with Crippen molar-refractivity contribution in [3.63, 3.8) is 0 Å². The first kappa shape index (κ1) is 17.1. The number of benzene rings is 2. The Labute approximate surface area is 154 Å². The molecule has 1 N–H and O–H groups in total. The van der Waals surface area contributed by atoms with Crippen molar-refractivity contribution in [2.24, 2.45) is 0 Å². The summed E-state index contributed by atoms with van der Waals surface area (Å²) in [6.07, 6.45) is 0.895. The number of nitrogens with zero attached hydrogens (tertiary/aromatic N) is 3. The molecule has 2 heterocycles. The smallest absolute Gasteiger partial charge is 0.276 e. The lowest BCUT2D eigenvalue weighted by molar-refractivity contribution is 0.102. The molecule has 0 aliphatic carbocycles. The maximum Gasteiger partial charge on any atom is 0.276 e. The molecule has 4 rings (SSSR count). The van der Waals surface area contributed by atoms with Gasteiger partial charge in [0.15, 0.2) is 11.5 Å². The van der Waals surface area contributed by atoms with Crippen molar-refractivity contribution in [2.75, 3.05) is 10.2 Å². The Hall–Kier alpha value is -3.35. The molecule has 1 aliphatic rings. The molecule has 1 unspecified atom stereocenters. The molecule has 1 aliphatic heterocycles. The van der Waals surface area contributed by atoms with Crippen LogP contribution in [-0.2, 0) is 6.42 Å². The van der Waals surface area contributed by atoms with Gasteiger partial charge in [-0.2, -0.15) is 0 Å². The number of carbonyl (C=O) groups is 1. The van der Waals surface area contributed by atoms with E-state index in [1.54, 1.807) is 6.07 Å². The van der Waals surface area contributed by atoms with E-state index in [0.717, 1.165) is 24.2 Å². The summed E-state index contributed by atoms with van der Waals surface area (Å²) in [5.74, 6) is -1.82. The van der Waals surface area contributed by atoms with Crippen molar-refractivity contribution in [2.45, 2.75) is 19.4 Å². The highest BCUT2D eigenvalue weighted by atomic mass is 19.1. The van der Waals surface area contributed by atoms with Gasteiger partial charge in [-0.25, -0.2) is 8.78 Å². The zero-order chi connectivity index (χ0) is 19.0. The summed E-state index contributed by atoms with van der Waals surface area (Å²) < 4.78 is 27.4. The molecule has 1 amide bonds. The van der Waals surface area contributed by atoms with Crippen LogP contribution in [0.25, 0.3) is 0 Å². The minimum absolute atomic E-state index is 0.0264. The van der Waals surface area contributed by atoms with E-state index in [0.29, 0.717) is 5.82 Å². The predicted molar refractivity (Wildman–Crippen MR) is 98.1 cm³/mol. The predicted octanol–water partition coefficient (Wildman–Crippen LogP) is 4.09. The number of para-hydroxylation sites is 2. The van der Waals surface area contributed by atoms with Crippen molar-refractivity contribution >= 4 is 23.1 Å². The second kappa shape index (κ2) is 6.75. The molecule has 27 heavy (non-hydrogen) atoms. The number of halogens is 2. The SMILES string of the molecule is CC1Cc2ccccc2N1c1ccc(C(=O)Nc2c(F)cccc2F)nn1. The summed E-state index contributed by atoms with van der Waals surface area (Å²) in [5, 5.41) is 10.3. The van der Waals surface area contributed by atoms with Gasteiger partial charge in [-0.3, -0.25) is 4.79 Å². The van der Waals surface area contributed by atoms with E-state index < -0.39 is 23.2 Å². The van der Waals surface area contributed by atoms with Gasteiger partial charge in [0.1, 0.15) is 17.3 Å². The van der Waals surface area contributed by atoms with Crippen molar-refractivity contribution in [3.05, 3.63) is 77.5 Å². The molecular weight excluding hydrogens is 350 g/mol. The van der Waals surface area contributed by atoms with Crippen molar-refractivity contribution < 1.29 is 13.6 Å². The second-order valence-corrected chi connectivity index (χ2v) is 6.38. The second-order valence-electron chi connectivity index (χ2n) is 6.38. The van der Waals surface area contributed by atoms with Gasteiger partial charge >= 0.3 is 0 Å². The number of amides is 1. The summed E-state index contributed by atoms with van der Waals surface area (Å²) in [6.45, 7) is 2.09. The molecule has 0 spiro atoms. The summed E-state index contributed by atoms with van der Waals surface area (Å²) in [4.78, 5) is 14.3. The summed E-state index contributed by atoms with van der Waals surface area (Å²) >= 11 is 0. The van der Waals surface area contributed by atoms with Gasteiger partial charge in [0.25, 0.3) is 5.91 Å². The van der Waals surface area contributed by atoms with Crippen molar-refractivity contribution in [1.82, 2.24) is 10.2 Å². The van der Waals surface area contributed by atoms with Crippen LogP contribution in [-0.4, -0.2) is 22.1 Å². The number of hydrogen-bond donors (Lipinski definition) is 1. The zero-order valence-electron chi connectivity index (χ0n) is 14.5. The number of aromatic nitrogens is 2. The number of rotatable bonds is 3. The first-order valence-electron chi connectivity index (χ1n) is 8.51.